The number of esters is 1. The molecule has 0 saturated heterocycles. The number of pyridine rings is 1. The van der Waals surface area contributed by atoms with Crippen LogP contribution >= 0.6 is 11.6 Å². The number of halogens is 3. The minimum absolute atomic E-state index is 0.0676. The molecule has 0 radical (unpaired) electrons. The summed E-state index contributed by atoms with van der Waals surface area (Å²) in [6.07, 6.45) is 1.36. The zero-order valence-electron chi connectivity index (χ0n) is 11.8. The lowest BCUT2D eigenvalue weighted by Gasteiger charge is -2.08. The Morgan fingerprint density at radius 1 is 1.35 bits per heavy atom. The maximum absolute atomic E-state index is 12.6. The summed E-state index contributed by atoms with van der Waals surface area (Å²) in [5, 5.41) is 0.978. The van der Waals surface area contributed by atoms with Gasteiger partial charge in [-0.3, -0.25) is 4.79 Å². The minimum atomic E-state index is -3.01. The Bertz CT molecular complexity index is 894. The second-order valence-corrected chi connectivity index (χ2v) is 4.99. The van der Waals surface area contributed by atoms with Gasteiger partial charge < -0.3 is 13.9 Å². The molecule has 3 aromatic rings. The normalized spacial score (nSPS) is 11.3. The SMILES string of the molecule is COC(=O)Cc1ccc(OC(F)F)c2oc3ccnc(Cl)c3c12. The molecule has 0 aliphatic heterocycles. The van der Waals surface area contributed by atoms with Crippen LogP contribution in [0.25, 0.3) is 21.9 Å². The van der Waals surface area contributed by atoms with Gasteiger partial charge in [0, 0.05) is 11.6 Å². The maximum atomic E-state index is 12.6. The average Bonchev–Trinajstić information content (AvgIpc) is 2.90. The molecule has 2 heterocycles. The van der Waals surface area contributed by atoms with Crippen molar-refractivity contribution in [1.29, 1.82) is 0 Å². The number of methoxy groups -OCH3 is 1. The summed E-state index contributed by atoms with van der Waals surface area (Å²) in [6.45, 7) is -3.01. The van der Waals surface area contributed by atoms with E-state index in [0.717, 1.165) is 0 Å². The molecule has 0 unspecified atom stereocenters. The van der Waals surface area contributed by atoms with Crippen LogP contribution in [-0.4, -0.2) is 24.7 Å². The zero-order valence-corrected chi connectivity index (χ0v) is 12.6. The van der Waals surface area contributed by atoms with Crippen molar-refractivity contribution >= 4 is 39.5 Å². The number of rotatable bonds is 4. The first-order chi connectivity index (χ1) is 11.0. The number of nitrogens with zero attached hydrogens (tertiary/aromatic N) is 1. The molecular weight excluding hydrogens is 332 g/mol. The number of benzene rings is 1. The second-order valence-electron chi connectivity index (χ2n) is 4.64. The van der Waals surface area contributed by atoms with Crippen molar-refractivity contribution in [2.75, 3.05) is 7.11 Å². The first-order valence-electron chi connectivity index (χ1n) is 6.51. The molecule has 0 aliphatic carbocycles. The van der Waals surface area contributed by atoms with Gasteiger partial charge in [-0.25, -0.2) is 4.98 Å². The zero-order chi connectivity index (χ0) is 16.6. The number of fused-ring (bicyclic) bond motifs is 3. The van der Waals surface area contributed by atoms with Crippen LogP contribution < -0.4 is 4.74 Å². The number of furan rings is 1. The molecule has 0 aliphatic rings. The van der Waals surface area contributed by atoms with Crippen molar-refractivity contribution in [2.24, 2.45) is 0 Å². The van der Waals surface area contributed by atoms with Crippen LogP contribution in [0.15, 0.2) is 28.8 Å². The van der Waals surface area contributed by atoms with Gasteiger partial charge >= 0.3 is 12.6 Å². The highest BCUT2D eigenvalue weighted by Crippen LogP contribution is 2.40. The van der Waals surface area contributed by atoms with Crippen molar-refractivity contribution in [1.82, 2.24) is 4.98 Å². The van der Waals surface area contributed by atoms with Crippen molar-refractivity contribution in [3.05, 3.63) is 35.1 Å². The van der Waals surface area contributed by atoms with E-state index in [2.05, 4.69) is 14.5 Å². The summed E-state index contributed by atoms with van der Waals surface area (Å²) in [4.78, 5) is 15.5. The third-order valence-corrected chi connectivity index (χ3v) is 3.60. The van der Waals surface area contributed by atoms with Crippen LogP contribution in [0.2, 0.25) is 5.15 Å². The summed E-state index contributed by atoms with van der Waals surface area (Å²) in [5.74, 6) is -0.626. The molecule has 1 aromatic carbocycles. The molecule has 5 nitrogen and oxygen atoms in total. The van der Waals surface area contributed by atoms with Gasteiger partial charge in [0.15, 0.2) is 11.3 Å². The summed E-state index contributed by atoms with van der Waals surface area (Å²) < 4.78 is 39.9. The van der Waals surface area contributed by atoms with E-state index >= 15 is 0 Å². The second kappa shape index (κ2) is 6.00. The molecule has 8 heteroatoms. The van der Waals surface area contributed by atoms with Gasteiger partial charge in [-0.15, -0.1) is 0 Å². The molecule has 23 heavy (non-hydrogen) atoms. The number of hydrogen-bond acceptors (Lipinski definition) is 5. The van der Waals surface area contributed by atoms with Crippen LogP contribution in [-0.2, 0) is 16.0 Å². The Hall–Kier alpha value is -2.41. The van der Waals surface area contributed by atoms with E-state index in [1.54, 1.807) is 6.07 Å². The van der Waals surface area contributed by atoms with Crippen LogP contribution in [0.1, 0.15) is 5.56 Å². The minimum Gasteiger partial charge on any atom is -0.469 e. The number of ether oxygens (including phenoxy) is 2. The number of alkyl halides is 2. The van der Waals surface area contributed by atoms with Gasteiger partial charge in [0.25, 0.3) is 0 Å². The number of carbonyl (C=O) groups is 1. The van der Waals surface area contributed by atoms with Gasteiger partial charge in [0.05, 0.1) is 18.9 Å². The van der Waals surface area contributed by atoms with E-state index < -0.39 is 12.6 Å². The molecule has 0 bridgehead atoms. The van der Waals surface area contributed by atoms with Crippen molar-refractivity contribution in [2.45, 2.75) is 13.0 Å². The van der Waals surface area contributed by atoms with Crippen molar-refractivity contribution in [3.63, 3.8) is 0 Å². The Morgan fingerprint density at radius 3 is 2.83 bits per heavy atom. The lowest BCUT2D eigenvalue weighted by molar-refractivity contribution is -0.139. The van der Waals surface area contributed by atoms with Crippen molar-refractivity contribution < 1.29 is 27.5 Å². The topological polar surface area (TPSA) is 61.6 Å². The predicted molar refractivity (Wildman–Crippen MR) is 78.9 cm³/mol. The number of carbonyl (C=O) groups excluding carboxylic acids is 1. The van der Waals surface area contributed by atoms with Crippen LogP contribution in [0.5, 0.6) is 5.75 Å². The van der Waals surface area contributed by atoms with E-state index in [0.29, 0.717) is 21.9 Å². The summed E-state index contributed by atoms with van der Waals surface area (Å²) in [5.41, 5.74) is 0.954. The van der Waals surface area contributed by atoms with Gasteiger partial charge in [-0.2, -0.15) is 8.78 Å². The molecule has 120 valence electrons. The first kappa shape index (κ1) is 15.5. The molecule has 0 amide bonds. The monoisotopic (exact) mass is 341 g/mol. The van der Waals surface area contributed by atoms with E-state index in [1.807, 2.05) is 0 Å². The molecule has 0 fully saturated rings. The largest absolute Gasteiger partial charge is 0.469 e. The first-order valence-corrected chi connectivity index (χ1v) is 6.89. The highest BCUT2D eigenvalue weighted by atomic mass is 35.5. The lowest BCUT2D eigenvalue weighted by Crippen LogP contribution is -2.06. The van der Waals surface area contributed by atoms with E-state index in [9.17, 15) is 13.6 Å². The molecular formula is C15H10ClF2NO4. The van der Waals surface area contributed by atoms with Gasteiger partial charge in [0.1, 0.15) is 10.7 Å². The number of aromatic nitrogens is 1. The fourth-order valence-electron chi connectivity index (χ4n) is 2.38. The van der Waals surface area contributed by atoms with Gasteiger partial charge in [-0.1, -0.05) is 17.7 Å². The van der Waals surface area contributed by atoms with E-state index in [1.165, 1.54) is 25.4 Å². The third kappa shape index (κ3) is 2.79. The average molecular weight is 342 g/mol. The lowest BCUT2D eigenvalue weighted by atomic mass is 10.0. The Balaban J connectivity index is 2.32. The fourth-order valence-corrected chi connectivity index (χ4v) is 2.63. The predicted octanol–water partition coefficient (Wildman–Crippen LogP) is 3.95. The fraction of sp³-hybridized carbons (Fsp3) is 0.200. The molecule has 3 rings (SSSR count). The van der Waals surface area contributed by atoms with Crippen LogP contribution in [0.3, 0.4) is 0 Å². The highest BCUT2D eigenvalue weighted by Gasteiger charge is 2.21. The molecule has 0 N–H and O–H groups in total. The van der Waals surface area contributed by atoms with Gasteiger partial charge in [-0.05, 0) is 17.7 Å². The van der Waals surface area contributed by atoms with Crippen LogP contribution in [0.4, 0.5) is 8.78 Å². The Morgan fingerprint density at radius 2 is 2.13 bits per heavy atom. The molecule has 0 atom stereocenters. The van der Waals surface area contributed by atoms with E-state index in [-0.39, 0.29) is 22.9 Å². The van der Waals surface area contributed by atoms with Crippen molar-refractivity contribution in [3.8, 4) is 5.75 Å². The highest BCUT2D eigenvalue weighted by molar-refractivity contribution is 6.36. The molecule has 2 aromatic heterocycles. The Kier molecular flexibility index (Phi) is 4.04. The summed E-state index contributed by atoms with van der Waals surface area (Å²) in [6, 6.07) is 4.36. The number of hydrogen-bond donors (Lipinski definition) is 0. The third-order valence-electron chi connectivity index (χ3n) is 3.31. The smallest absolute Gasteiger partial charge is 0.387 e. The quantitative estimate of drug-likeness (QED) is 0.531. The summed E-state index contributed by atoms with van der Waals surface area (Å²) in [7, 11) is 1.26. The van der Waals surface area contributed by atoms with Gasteiger partial charge in [0.2, 0.25) is 0 Å². The Labute approximate surface area is 133 Å². The van der Waals surface area contributed by atoms with E-state index in [4.69, 9.17) is 16.0 Å². The molecule has 0 spiro atoms. The maximum Gasteiger partial charge on any atom is 0.387 e. The molecule has 0 saturated carbocycles. The standard InChI is InChI=1S/C15H10ClF2NO4/c1-21-10(20)6-7-2-3-9(23-15(17)18)13-11(7)12-8(22-13)4-5-19-14(12)16/h2-5,15H,6H2,1H3. The summed E-state index contributed by atoms with van der Waals surface area (Å²) >= 11 is 6.10. The van der Waals surface area contributed by atoms with Crippen LogP contribution in [0, 0.1) is 0 Å².